The van der Waals surface area contributed by atoms with Gasteiger partial charge >= 0.3 is 5.92 Å². The van der Waals surface area contributed by atoms with Gasteiger partial charge in [-0.1, -0.05) is 18.2 Å². The second-order valence-electron chi connectivity index (χ2n) is 6.67. The van der Waals surface area contributed by atoms with Crippen molar-refractivity contribution in [1.82, 2.24) is 0 Å². The van der Waals surface area contributed by atoms with Crippen molar-refractivity contribution in [2.75, 3.05) is 6.61 Å². The molecule has 3 aliphatic rings. The minimum Gasteiger partial charge on any atom is -0.389 e. The zero-order valence-electron chi connectivity index (χ0n) is 12.7. The summed E-state index contributed by atoms with van der Waals surface area (Å²) < 4.78 is 46.4. The van der Waals surface area contributed by atoms with Crippen molar-refractivity contribution in [1.29, 1.82) is 0 Å². The summed E-state index contributed by atoms with van der Waals surface area (Å²) in [5, 5.41) is 9.81. The maximum absolute atomic E-state index is 15.0. The number of hydrogen-bond acceptors (Lipinski definition) is 5. The molecule has 7 heteroatoms. The van der Waals surface area contributed by atoms with Crippen LogP contribution in [0, 0.1) is 0 Å². The molecule has 2 bridgehead atoms. The van der Waals surface area contributed by atoms with Crippen molar-refractivity contribution in [3.63, 3.8) is 0 Å². The highest BCUT2D eigenvalue weighted by molar-refractivity contribution is 8.00. The normalized spacial score (nSPS) is 43.3. The number of benzene rings is 1. The zero-order chi connectivity index (χ0) is 16.5. The summed E-state index contributed by atoms with van der Waals surface area (Å²) in [5.41, 5.74) is -1.91. The molecule has 0 radical (unpaired) electrons. The molecule has 4 rings (SSSR count). The Morgan fingerprint density at radius 2 is 1.87 bits per heavy atom. The highest BCUT2D eigenvalue weighted by Gasteiger charge is 2.81. The van der Waals surface area contributed by atoms with E-state index >= 15 is 8.78 Å². The van der Waals surface area contributed by atoms with E-state index in [2.05, 4.69) is 0 Å². The molecule has 23 heavy (non-hydrogen) atoms. The van der Waals surface area contributed by atoms with Gasteiger partial charge in [-0.25, -0.2) is 8.78 Å². The van der Waals surface area contributed by atoms with Crippen LogP contribution in [0.4, 0.5) is 8.78 Å². The zero-order valence-corrected chi connectivity index (χ0v) is 13.6. The molecule has 0 aromatic heterocycles. The average molecular weight is 344 g/mol. The van der Waals surface area contributed by atoms with Gasteiger partial charge in [0.1, 0.15) is 12.2 Å². The first-order valence-electron chi connectivity index (χ1n) is 7.54. The fourth-order valence-electron chi connectivity index (χ4n) is 3.65. The molecule has 0 amide bonds. The average Bonchev–Trinajstić information content (AvgIpc) is 3.06. The molecule has 0 saturated carbocycles. The molecule has 1 aromatic carbocycles. The van der Waals surface area contributed by atoms with E-state index in [0.717, 1.165) is 4.90 Å². The molecule has 1 aromatic rings. The Kier molecular flexibility index (Phi) is 3.36. The van der Waals surface area contributed by atoms with Gasteiger partial charge in [0.2, 0.25) is 0 Å². The number of fused-ring (bicyclic) bond motifs is 3. The molecule has 3 aliphatic heterocycles. The van der Waals surface area contributed by atoms with E-state index in [4.69, 9.17) is 14.2 Å². The van der Waals surface area contributed by atoms with E-state index in [9.17, 15) is 5.11 Å². The third kappa shape index (κ3) is 2.10. The molecule has 0 aliphatic carbocycles. The van der Waals surface area contributed by atoms with E-state index in [1.165, 1.54) is 11.8 Å². The molecule has 0 unspecified atom stereocenters. The maximum atomic E-state index is 15.0. The fraction of sp³-hybridized carbons (Fsp3) is 0.625. The lowest BCUT2D eigenvalue weighted by atomic mass is 9.79. The standard InChI is InChI=1S/C16H18F2O4S/c1-14(2)20-8-15(22-14)12-10(19)11(13(21-12)16(15,17)18)23-9-6-4-3-5-7-9/h3-7,10-13,19H,8H2,1-2H3/t10-,11-,12+,13-,15-/m1/s1. The number of rotatable bonds is 2. The second kappa shape index (κ2) is 4.89. The molecular weight excluding hydrogens is 326 g/mol. The smallest absolute Gasteiger partial charge is 0.308 e. The van der Waals surface area contributed by atoms with E-state index < -0.39 is 40.9 Å². The lowest BCUT2D eigenvalue weighted by molar-refractivity contribution is -0.240. The Balaban J connectivity index is 1.63. The first kappa shape index (κ1) is 15.8. The number of halogens is 2. The van der Waals surface area contributed by atoms with Gasteiger partial charge in [0, 0.05) is 4.90 Å². The minimum atomic E-state index is -3.23. The third-order valence-corrected chi connectivity index (χ3v) is 6.04. The summed E-state index contributed by atoms with van der Waals surface area (Å²) in [4.78, 5) is 0.821. The number of aliphatic hydroxyl groups is 1. The van der Waals surface area contributed by atoms with Crippen molar-refractivity contribution in [2.45, 2.75) is 59.6 Å². The Hall–Kier alpha value is -0.730. The summed E-state index contributed by atoms with van der Waals surface area (Å²) in [5.74, 6) is -4.34. The second-order valence-corrected chi connectivity index (χ2v) is 7.92. The number of aliphatic hydroxyl groups excluding tert-OH is 1. The maximum Gasteiger partial charge on any atom is 0.308 e. The summed E-state index contributed by atoms with van der Waals surface area (Å²) >= 11 is 1.22. The number of ether oxygens (including phenoxy) is 3. The van der Waals surface area contributed by atoms with Crippen LogP contribution in [-0.4, -0.2) is 52.6 Å². The molecular formula is C16H18F2O4S. The van der Waals surface area contributed by atoms with Crippen molar-refractivity contribution in [3.05, 3.63) is 30.3 Å². The van der Waals surface area contributed by atoms with Gasteiger partial charge in [-0.15, -0.1) is 11.8 Å². The third-order valence-electron chi connectivity index (χ3n) is 4.70. The molecule has 126 valence electrons. The van der Waals surface area contributed by atoms with Gasteiger partial charge < -0.3 is 19.3 Å². The topological polar surface area (TPSA) is 47.9 Å². The van der Waals surface area contributed by atoms with E-state index in [1.54, 1.807) is 13.8 Å². The van der Waals surface area contributed by atoms with E-state index in [0.29, 0.717) is 0 Å². The molecule has 3 heterocycles. The highest BCUT2D eigenvalue weighted by atomic mass is 32.2. The quantitative estimate of drug-likeness (QED) is 0.893. The molecule has 1 N–H and O–H groups in total. The Bertz CT molecular complexity index is 611. The lowest BCUT2D eigenvalue weighted by Crippen LogP contribution is -2.66. The van der Waals surface area contributed by atoms with Crippen molar-refractivity contribution < 1.29 is 28.1 Å². The summed E-state index contributed by atoms with van der Waals surface area (Å²) in [6.45, 7) is 2.90. The fourth-order valence-corrected chi connectivity index (χ4v) is 4.92. The van der Waals surface area contributed by atoms with Crippen LogP contribution in [-0.2, 0) is 14.2 Å². The van der Waals surface area contributed by atoms with E-state index in [1.807, 2.05) is 30.3 Å². The van der Waals surface area contributed by atoms with Crippen LogP contribution >= 0.6 is 11.8 Å². The van der Waals surface area contributed by atoms with Crippen LogP contribution in [0.3, 0.4) is 0 Å². The Morgan fingerprint density at radius 3 is 2.48 bits per heavy atom. The van der Waals surface area contributed by atoms with Gasteiger partial charge in [-0.3, -0.25) is 0 Å². The molecule has 5 atom stereocenters. The molecule has 3 fully saturated rings. The van der Waals surface area contributed by atoms with Crippen LogP contribution in [0.5, 0.6) is 0 Å². The summed E-state index contributed by atoms with van der Waals surface area (Å²) in [6.07, 6.45) is -3.53. The number of thioether (sulfide) groups is 1. The van der Waals surface area contributed by atoms with Gasteiger partial charge in [0.15, 0.2) is 11.4 Å². The van der Waals surface area contributed by atoms with Gasteiger partial charge in [0.05, 0.1) is 18.0 Å². The predicted molar refractivity (Wildman–Crippen MR) is 79.5 cm³/mol. The van der Waals surface area contributed by atoms with Crippen molar-refractivity contribution in [3.8, 4) is 0 Å². The monoisotopic (exact) mass is 344 g/mol. The van der Waals surface area contributed by atoms with Crippen LogP contribution in [0.25, 0.3) is 0 Å². The van der Waals surface area contributed by atoms with Gasteiger partial charge in [-0.2, -0.15) is 0 Å². The molecule has 3 saturated heterocycles. The van der Waals surface area contributed by atoms with Crippen LogP contribution in [0.15, 0.2) is 35.2 Å². The van der Waals surface area contributed by atoms with Crippen molar-refractivity contribution >= 4 is 11.8 Å². The molecule has 1 spiro atoms. The van der Waals surface area contributed by atoms with E-state index in [-0.39, 0.29) is 6.61 Å². The first-order valence-corrected chi connectivity index (χ1v) is 8.42. The molecule has 4 nitrogen and oxygen atoms in total. The highest BCUT2D eigenvalue weighted by Crippen LogP contribution is 2.60. The number of hydrogen-bond donors (Lipinski definition) is 1. The Labute approximate surface area is 137 Å². The minimum absolute atomic E-state index is 0.284. The van der Waals surface area contributed by atoms with Gasteiger partial charge in [-0.05, 0) is 26.0 Å². The SMILES string of the molecule is CC1(C)OC[C@@]2(O1)[C@H]1O[C@H]([C@H](Sc3ccccc3)[C@H]1O)C2(F)F. The van der Waals surface area contributed by atoms with Gasteiger partial charge in [0.25, 0.3) is 0 Å². The van der Waals surface area contributed by atoms with Crippen molar-refractivity contribution in [2.24, 2.45) is 0 Å². The first-order chi connectivity index (χ1) is 10.8. The largest absolute Gasteiger partial charge is 0.389 e. The predicted octanol–water partition coefficient (Wildman–Crippen LogP) is 2.45. The van der Waals surface area contributed by atoms with Crippen LogP contribution in [0.1, 0.15) is 13.8 Å². The Morgan fingerprint density at radius 1 is 1.17 bits per heavy atom. The summed E-state index contributed by atoms with van der Waals surface area (Å²) in [6, 6.07) is 9.18. The summed E-state index contributed by atoms with van der Waals surface area (Å²) in [7, 11) is 0. The van der Waals surface area contributed by atoms with Crippen LogP contribution < -0.4 is 0 Å². The lowest BCUT2D eigenvalue weighted by Gasteiger charge is -2.41. The number of alkyl halides is 2. The van der Waals surface area contributed by atoms with Crippen LogP contribution in [0.2, 0.25) is 0 Å².